The van der Waals surface area contributed by atoms with Crippen molar-refractivity contribution in [1.29, 1.82) is 0 Å². The van der Waals surface area contributed by atoms with Crippen LogP contribution in [0.1, 0.15) is 0 Å². The van der Waals surface area contributed by atoms with E-state index >= 15 is 0 Å². The average Bonchev–Trinajstić information content (AvgIpc) is 2.12. The lowest BCUT2D eigenvalue weighted by Crippen LogP contribution is -1.87. The lowest BCUT2D eigenvalue weighted by atomic mass is 10.2. The predicted octanol–water partition coefficient (Wildman–Crippen LogP) is 3.59. The monoisotopic (exact) mass is 232 g/mol. The first kappa shape index (κ1) is 9.00. The molecule has 0 N–H and O–H groups in total. The highest BCUT2D eigenvalue weighted by atomic mass is 35.5. The molecule has 0 atom stereocenters. The molecule has 0 bridgehead atoms. The van der Waals surface area contributed by atoms with Crippen LogP contribution in [0, 0.1) is 0 Å². The highest BCUT2D eigenvalue weighted by Gasteiger charge is 2.08. The van der Waals surface area contributed by atoms with Crippen LogP contribution in [-0.4, -0.2) is 10.2 Å². The minimum atomic E-state index is 0.191. The Morgan fingerprint density at radius 2 is 1.77 bits per heavy atom. The molecule has 0 aliphatic heterocycles. The van der Waals surface area contributed by atoms with Gasteiger partial charge < -0.3 is 0 Å². The molecule has 1 aromatic carbocycles. The fourth-order valence-corrected chi connectivity index (χ4v) is 1.59. The van der Waals surface area contributed by atoms with Gasteiger partial charge in [0.15, 0.2) is 5.15 Å². The summed E-state index contributed by atoms with van der Waals surface area (Å²) in [5, 5.41) is 9.32. The number of benzene rings is 1. The summed E-state index contributed by atoms with van der Waals surface area (Å²) in [6.45, 7) is 0. The number of nitrogens with zero attached hydrogens (tertiary/aromatic N) is 2. The first-order chi connectivity index (χ1) is 6.20. The van der Waals surface area contributed by atoms with Gasteiger partial charge in [0.1, 0.15) is 5.52 Å². The van der Waals surface area contributed by atoms with Crippen molar-refractivity contribution in [2.45, 2.75) is 0 Å². The molecule has 2 aromatic rings. The maximum Gasteiger partial charge on any atom is 0.170 e. The van der Waals surface area contributed by atoms with Gasteiger partial charge in [0.2, 0.25) is 0 Å². The lowest BCUT2D eigenvalue weighted by Gasteiger charge is -2.00. The minimum Gasteiger partial charge on any atom is -0.147 e. The summed E-state index contributed by atoms with van der Waals surface area (Å²) < 4.78 is 0. The molecule has 5 heteroatoms. The van der Waals surface area contributed by atoms with Crippen molar-refractivity contribution < 1.29 is 0 Å². The largest absolute Gasteiger partial charge is 0.170 e. The Morgan fingerprint density at radius 1 is 1.00 bits per heavy atom. The summed E-state index contributed by atoms with van der Waals surface area (Å²) in [6.07, 6.45) is 0. The van der Waals surface area contributed by atoms with E-state index in [1.165, 1.54) is 0 Å². The van der Waals surface area contributed by atoms with Crippen molar-refractivity contribution in [2.75, 3.05) is 0 Å². The van der Waals surface area contributed by atoms with Crippen LogP contribution in [0.4, 0.5) is 0 Å². The second-order valence-electron chi connectivity index (χ2n) is 2.44. The van der Waals surface area contributed by atoms with Crippen molar-refractivity contribution >= 4 is 45.7 Å². The quantitative estimate of drug-likeness (QED) is 0.695. The van der Waals surface area contributed by atoms with Crippen LogP contribution >= 0.6 is 34.8 Å². The molecule has 1 heterocycles. The van der Waals surface area contributed by atoms with E-state index in [-0.39, 0.29) is 5.15 Å². The zero-order valence-electron chi connectivity index (χ0n) is 6.26. The van der Waals surface area contributed by atoms with Gasteiger partial charge in [0.25, 0.3) is 0 Å². The van der Waals surface area contributed by atoms with E-state index in [1.807, 2.05) is 0 Å². The van der Waals surface area contributed by atoms with Crippen molar-refractivity contribution in [3.8, 4) is 0 Å². The lowest BCUT2D eigenvalue weighted by molar-refractivity contribution is 1.08. The van der Waals surface area contributed by atoms with Gasteiger partial charge in [-0.2, -0.15) is 0 Å². The Labute approximate surface area is 89.4 Å². The van der Waals surface area contributed by atoms with Gasteiger partial charge in [0, 0.05) is 5.39 Å². The van der Waals surface area contributed by atoms with Crippen molar-refractivity contribution in [1.82, 2.24) is 10.2 Å². The molecule has 0 fully saturated rings. The van der Waals surface area contributed by atoms with E-state index in [2.05, 4.69) is 10.2 Å². The van der Waals surface area contributed by atoms with E-state index in [1.54, 1.807) is 18.2 Å². The number of halogens is 3. The summed E-state index contributed by atoms with van der Waals surface area (Å²) in [5.74, 6) is 0. The topological polar surface area (TPSA) is 25.8 Å². The summed E-state index contributed by atoms with van der Waals surface area (Å²) in [4.78, 5) is 0. The van der Waals surface area contributed by atoms with Crippen LogP contribution in [0.2, 0.25) is 15.2 Å². The fourth-order valence-electron chi connectivity index (χ4n) is 1.04. The maximum atomic E-state index is 5.90. The normalized spacial score (nSPS) is 10.7. The van der Waals surface area contributed by atoms with Crippen molar-refractivity contribution in [3.05, 3.63) is 33.4 Å². The third-order valence-electron chi connectivity index (χ3n) is 1.64. The maximum absolute atomic E-state index is 5.90. The highest BCUT2D eigenvalue weighted by molar-refractivity contribution is 6.45. The average molecular weight is 233 g/mol. The Balaban J connectivity index is 2.94. The third kappa shape index (κ3) is 1.46. The van der Waals surface area contributed by atoms with Gasteiger partial charge in [-0.3, -0.25) is 0 Å². The number of hydrogen-bond donors (Lipinski definition) is 0. The number of rotatable bonds is 0. The molecular formula is C8H3Cl3N2. The molecule has 0 aliphatic carbocycles. The minimum absolute atomic E-state index is 0.191. The van der Waals surface area contributed by atoms with E-state index in [9.17, 15) is 0 Å². The van der Waals surface area contributed by atoms with E-state index in [0.717, 1.165) is 0 Å². The molecule has 0 unspecified atom stereocenters. The van der Waals surface area contributed by atoms with Crippen LogP contribution in [0.5, 0.6) is 0 Å². The van der Waals surface area contributed by atoms with Gasteiger partial charge in [0.05, 0.1) is 10.0 Å². The number of hydrogen-bond acceptors (Lipinski definition) is 2. The second-order valence-corrected chi connectivity index (χ2v) is 3.58. The number of fused-ring (bicyclic) bond motifs is 1. The molecule has 0 spiro atoms. The number of aromatic nitrogens is 2. The van der Waals surface area contributed by atoms with Crippen molar-refractivity contribution in [2.24, 2.45) is 0 Å². The molecule has 2 rings (SSSR count). The Hall–Kier alpha value is -0.570. The smallest absolute Gasteiger partial charge is 0.147 e. The highest BCUT2D eigenvalue weighted by Crippen LogP contribution is 2.30. The van der Waals surface area contributed by atoms with E-state index < -0.39 is 0 Å². The summed E-state index contributed by atoms with van der Waals surface area (Å²) >= 11 is 17.5. The molecule has 1 aromatic heterocycles. The van der Waals surface area contributed by atoms with E-state index in [4.69, 9.17) is 34.8 Å². The van der Waals surface area contributed by atoms with Crippen LogP contribution in [0.15, 0.2) is 18.2 Å². The van der Waals surface area contributed by atoms with Gasteiger partial charge in [-0.15, -0.1) is 10.2 Å². The van der Waals surface area contributed by atoms with Gasteiger partial charge in [-0.1, -0.05) is 46.9 Å². The Kier molecular flexibility index (Phi) is 2.28. The molecule has 66 valence electrons. The van der Waals surface area contributed by atoms with Gasteiger partial charge in [-0.05, 0) is 6.07 Å². The second kappa shape index (κ2) is 3.29. The first-order valence-electron chi connectivity index (χ1n) is 3.46. The molecule has 13 heavy (non-hydrogen) atoms. The van der Waals surface area contributed by atoms with Crippen LogP contribution in [-0.2, 0) is 0 Å². The first-order valence-corrected chi connectivity index (χ1v) is 4.59. The third-order valence-corrected chi connectivity index (χ3v) is 2.69. The molecule has 0 aliphatic rings. The zero-order chi connectivity index (χ0) is 9.42. The van der Waals surface area contributed by atoms with E-state index in [0.29, 0.717) is 20.9 Å². The van der Waals surface area contributed by atoms with Gasteiger partial charge >= 0.3 is 0 Å². The van der Waals surface area contributed by atoms with Crippen LogP contribution < -0.4 is 0 Å². The molecule has 0 radical (unpaired) electrons. The predicted molar refractivity (Wildman–Crippen MR) is 54.6 cm³/mol. The Morgan fingerprint density at radius 3 is 2.54 bits per heavy atom. The van der Waals surface area contributed by atoms with Crippen molar-refractivity contribution in [3.63, 3.8) is 0 Å². The summed E-state index contributed by atoms with van der Waals surface area (Å²) in [7, 11) is 0. The standard InChI is InChI=1S/C8H3Cl3N2/c9-5-3-1-2-4-6(10)8(11)13-12-7(4)5/h1-3H. The SMILES string of the molecule is Clc1nnc2c(Cl)cccc2c1Cl. The molecular weight excluding hydrogens is 230 g/mol. The van der Waals surface area contributed by atoms with Crippen LogP contribution in [0.25, 0.3) is 10.9 Å². The molecule has 2 nitrogen and oxygen atoms in total. The zero-order valence-corrected chi connectivity index (χ0v) is 8.53. The van der Waals surface area contributed by atoms with Crippen LogP contribution in [0.3, 0.4) is 0 Å². The Bertz CT molecular complexity index is 470. The molecule has 0 amide bonds. The summed E-state index contributed by atoms with van der Waals surface area (Å²) in [6, 6.07) is 5.31. The van der Waals surface area contributed by atoms with Gasteiger partial charge in [-0.25, -0.2) is 0 Å². The summed E-state index contributed by atoms with van der Waals surface area (Å²) in [5.41, 5.74) is 0.568. The fraction of sp³-hybridized carbons (Fsp3) is 0. The molecule has 0 saturated carbocycles. The molecule has 0 saturated heterocycles.